The van der Waals surface area contributed by atoms with Crippen LogP contribution in [0.1, 0.15) is 71.1 Å². The van der Waals surface area contributed by atoms with Crippen molar-refractivity contribution in [1.82, 2.24) is 20.6 Å². The number of aromatic nitrogens is 2. The first-order valence-electron chi connectivity index (χ1n) is 14.2. The fourth-order valence-corrected chi connectivity index (χ4v) is 4.68. The number of phenolic OH excluding ortho intramolecular Hbond substituents is 1. The van der Waals surface area contributed by atoms with Crippen LogP contribution in [0.25, 0.3) is 0 Å². The number of carbonyl (C=O) groups is 4. The van der Waals surface area contributed by atoms with Gasteiger partial charge >= 0.3 is 11.9 Å². The molecular formula is C31H39N5O7S. The molecule has 3 aromatic rings. The Kier molecular flexibility index (Phi) is 11.8. The van der Waals surface area contributed by atoms with E-state index in [0.29, 0.717) is 28.8 Å². The van der Waals surface area contributed by atoms with E-state index >= 15 is 0 Å². The zero-order chi connectivity index (χ0) is 32.4. The van der Waals surface area contributed by atoms with Crippen LogP contribution in [0.3, 0.4) is 0 Å². The molecule has 2 heterocycles. The normalized spacial score (nSPS) is 12.5. The van der Waals surface area contributed by atoms with E-state index in [9.17, 15) is 24.3 Å². The van der Waals surface area contributed by atoms with Crippen molar-refractivity contribution < 1.29 is 33.8 Å². The topological polar surface area (TPSA) is 169 Å². The molecule has 13 heteroatoms. The van der Waals surface area contributed by atoms with Crippen molar-refractivity contribution in [3.05, 3.63) is 69.2 Å². The van der Waals surface area contributed by atoms with Crippen LogP contribution < -0.4 is 16.0 Å². The Labute approximate surface area is 260 Å². The maximum Gasteiger partial charge on any atom is 0.333 e. The van der Waals surface area contributed by atoms with E-state index in [0.717, 1.165) is 18.4 Å². The second-order valence-corrected chi connectivity index (χ2v) is 12.1. The van der Waals surface area contributed by atoms with Gasteiger partial charge in [-0.3, -0.25) is 14.4 Å². The summed E-state index contributed by atoms with van der Waals surface area (Å²) in [5.41, 5.74) is 1.13. The number of hydrogen-bond acceptors (Lipinski definition) is 11. The van der Waals surface area contributed by atoms with Gasteiger partial charge in [-0.1, -0.05) is 18.2 Å². The molecule has 0 saturated carbocycles. The van der Waals surface area contributed by atoms with Crippen molar-refractivity contribution in [3.8, 4) is 5.75 Å². The highest BCUT2D eigenvalue weighted by Crippen LogP contribution is 2.18. The van der Waals surface area contributed by atoms with Crippen molar-refractivity contribution >= 4 is 41.0 Å². The quantitative estimate of drug-likeness (QED) is 0.124. The van der Waals surface area contributed by atoms with Crippen LogP contribution in [0, 0.1) is 19.3 Å². The zero-order valence-corrected chi connectivity index (χ0v) is 26.5. The van der Waals surface area contributed by atoms with Crippen LogP contribution in [-0.4, -0.2) is 64.2 Å². The smallest absolute Gasteiger partial charge is 0.333 e. The first-order chi connectivity index (χ1) is 20.7. The third kappa shape index (κ3) is 10.0. The highest BCUT2D eigenvalue weighted by atomic mass is 32.1. The number of rotatable bonds is 13. The molecule has 4 N–H and O–H groups in total. The number of benzene rings is 1. The molecule has 44 heavy (non-hydrogen) atoms. The summed E-state index contributed by atoms with van der Waals surface area (Å²) in [6.45, 7) is 9.98. The van der Waals surface area contributed by atoms with Gasteiger partial charge in [0.25, 0.3) is 11.8 Å². The number of esters is 2. The van der Waals surface area contributed by atoms with Crippen molar-refractivity contribution in [1.29, 1.82) is 0 Å². The maximum atomic E-state index is 13.4. The number of aromatic hydroxyl groups is 1. The number of thiophene rings is 1. The van der Waals surface area contributed by atoms with Gasteiger partial charge in [0.15, 0.2) is 0 Å². The minimum Gasteiger partial charge on any atom is -0.508 e. The number of nitrogens with zero attached hydrogens (tertiary/aromatic N) is 2. The number of anilines is 1. The molecule has 0 radical (unpaired) electrons. The van der Waals surface area contributed by atoms with E-state index < -0.39 is 41.5 Å². The van der Waals surface area contributed by atoms with Crippen LogP contribution in [-0.2, 0) is 25.5 Å². The van der Waals surface area contributed by atoms with E-state index in [2.05, 4.69) is 25.9 Å². The van der Waals surface area contributed by atoms with Crippen LogP contribution >= 0.6 is 11.3 Å². The van der Waals surface area contributed by atoms with Crippen LogP contribution in [0.4, 0.5) is 5.95 Å². The Morgan fingerprint density at radius 1 is 1.00 bits per heavy atom. The van der Waals surface area contributed by atoms with E-state index in [1.54, 1.807) is 70.3 Å². The monoisotopic (exact) mass is 625 g/mol. The summed E-state index contributed by atoms with van der Waals surface area (Å²) in [4.78, 5) is 60.5. The number of hydrogen-bond donors (Lipinski definition) is 4. The first kappa shape index (κ1) is 34.0. The molecule has 1 unspecified atom stereocenters. The van der Waals surface area contributed by atoms with E-state index in [4.69, 9.17) is 9.47 Å². The highest BCUT2D eigenvalue weighted by Gasteiger charge is 2.30. The number of aryl methyl sites for hydroxylation is 3. The highest BCUT2D eigenvalue weighted by molar-refractivity contribution is 7.12. The van der Waals surface area contributed by atoms with Crippen LogP contribution in [0.15, 0.2) is 41.8 Å². The van der Waals surface area contributed by atoms with Crippen LogP contribution in [0.5, 0.6) is 5.75 Å². The summed E-state index contributed by atoms with van der Waals surface area (Å²) in [5.74, 6) is -1.96. The fourth-order valence-electron chi connectivity index (χ4n) is 4.04. The van der Waals surface area contributed by atoms with E-state index in [1.165, 1.54) is 18.3 Å². The molecular weight excluding hydrogens is 586 g/mol. The molecule has 0 spiro atoms. The van der Waals surface area contributed by atoms with Crippen molar-refractivity contribution in [3.63, 3.8) is 0 Å². The Bertz CT molecular complexity index is 1450. The van der Waals surface area contributed by atoms with Gasteiger partial charge in [0, 0.05) is 20.0 Å². The first-order valence-corrected chi connectivity index (χ1v) is 15.0. The zero-order valence-electron chi connectivity index (χ0n) is 25.7. The third-order valence-corrected chi connectivity index (χ3v) is 7.17. The van der Waals surface area contributed by atoms with Gasteiger partial charge in [-0.05, 0) is 76.6 Å². The molecule has 1 aromatic carbocycles. The summed E-state index contributed by atoms with van der Waals surface area (Å²) in [7, 11) is 0. The van der Waals surface area contributed by atoms with Gasteiger partial charge in [-0.2, -0.15) is 0 Å². The summed E-state index contributed by atoms with van der Waals surface area (Å²) < 4.78 is 10.5. The van der Waals surface area contributed by atoms with Gasteiger partial charge in [0.1, 0.15) is 11.8 Å². The standard InChI is InChI=1S/C31H39N5O7S/c1-18-25(19(2)35-30(34-18)32-14-8-11-21-10-7-12-22(37)16-21)27(39)36-23(17-33-26(38)24-13-9-15-44-24)28(40)42-20(3)43-29(41)31(4,5)6/h7,9-10,12-13,15-16,20,23,37H,8,11,14,17H2,1-6H3,(H,33,38)(H,36,39)(H,32,34,35)/t20?,23-/m0/s1. The SMILES string of the molecule is Cc1nc(NCCCc2cccc(O)c2)nc(C)c1C(=O)N[C@@H](CNC(=O)c1cccs1)C(=O)OC(C)OC(=O)C(C)(C)C. The second-order valence-electron chi connectivity index (χ2n) is 11.2. The number of phenols is 1. The molecule has 0 bridgehead atoms. The molecule has 2 amide bonds. The molecule has 2 atom stereocenters. The summed E-state index contributed by atoms with van der Waals surface area (Å²) >= 11 is 1.23. The predicted molar refractivity (Wildman–Crippen MR) is 165 cm³/mol. The van der Waals surface area contributed by atoms with Gasteiger partial charge in [0.05, 0.1) is 27.2 Å². The molecule has 0 aliphatic carbocycles. The largest absolute Gasteiger partial charge is 0.508 e. The summed E-state index contributed by atoms with van der Waals surface area (Å²) in [6, 6.07) is 9.11. The molecule has 3 rings (SSSR count). The third-order valence-electron chi connectivity index (χ3n) is 6.30. The predicted octanol–water partition coefficient (Wildman–Crippen LogP) is 3.91. The average Bonchev–Trinajstić information content (AvgIpc) is 3.47. The lowest BCUT2D eigenvalue weighted by molar-refractivity contribution is -0.191. The second kappa shape index (κ2) is 15.3. The molecule has 2 aromatic heterocycles. The molecule has 12 nitrogen and oxygen atoms in total. The molecule has 0 fully saturated rings. The number of amides is 2. The molecule has 236 valence electrons. The number of nitrogens with one attached hydrogen (secondary N) is 3. The molecule has 0 aliphatic heterocycles. The van der Waals surface area contributed by atoms with Crippen molar-refractivity contribution in [2.75, 3.05) is 18.4 Å². The van der Waals surface area contributed by atoms with Gasteiger partial charge in [0.2, 0.25) is 12.2 Å². The van der Waals surface area contributed by atoms with E-state index in [-0.39, 0.29) is 17.9 Å². The minimum absolute atomic E-state index is 0.171. The number of ether oxygens (including phenoxy) is 2. The van der Waals surface area contributed by atoms with Gasteiger partial charge in [-0.25, -0.2) is 14.8 Å². The Morgan fingerprint density at radius 3 is 2.32 bits per heavy atom. The minimum atomic E-state index is -1.31. The lowest BCUT2D eigenvalue weighted by Gasteiger charge is -2.24. The van der Waals surface area contributed by atoms with Crippen LogP contribution in [0.2, 0.25) is 0 Å². The number of carbonyl (C=O) groups excluding carboxylic acids is 4. The Hall–Kier alpha value is -4.52. The lowest BCUT2D eigenvalue weighted by Crippen LogP contribution is -2.50. The average molecular weight is 626 g/mol. The van der Waals surface area contributed by atoms with E-state index in [1.807, 2.05) is 6.07 Å². The molecule has 0 aliphatic rings. The Balaban J connectivity index is 1.67. The van der Waals surface area contributed by atoms with Crippen molar-refractivity contribution in [2.45, 2.75) is 66.7 Å². The Morgan fingerprint density at radius 2 is 1.70 bits per heavy atom. The molecule has 0 saturated heterocycles. The van der Waals surface area contributed by atoms with Crippen molar-refractivity contribution in [2.24, 2.45) is 5.41 Å². The van der Waals surface area contributed by atoms with Gasteiger partial charge < -0.3 is 30.5 Å². The van der Waals surface area contributed by atoms with Gasteiger partial charge in [-0.15, -0.1) is 11.3 Å². The lowest BCUT2D eigenvalue weighted by atomic mass is 9.97. The fraction of sp³-hybridized carbons (Fsp3) is 0.419. The maximum absolute atomic E-state index is 13.4. The summed E-state index contributed by atoms with van der Waals surface area (Å²) in [6.07, 6.45) is 0.276. The summed E-state index contributed by atoms with van der Waals surface area (Å²) in [5, 5.41) is 19.8.